The third-order valence-electron chi connectivity index (χ3n) is 3.69. The van der Waals surface area contributed by atoms with E-state index in [1.165, 1.54) is 11.3 Å². The molecule has 0 radical (unpaired) electrons. The van der Waals surface area contributed by atoms with Crippen LogP contribution in [0.1, 0.15) is 37.5 Å². The van der Waals surface area contributed by atoms with Gasteiger partial charge in [0.05, 0.1) is 6.10 Å². The van der Waals surface area contributed by atoms with Crippen LogP contribution in [0.2, 0.25) is 0 Å². The highest BCUT2D eigenvalue weighted by atomic mass is 32.2. The van der Waals surface area contributed by atoms with Crippen molar-refractivity contribution in [1.29, 1.82) is 0 Å². The van der Waals surface area contributed by atoms with Crippen molar-refractivity contribution in [2.24, 2.45) is 0 Å². The maximum absolute atomic E-state index is 10.2. The van der Waals surface area contributed by atoms with Crippen molar-refractivity contribution in [2.75, 3.05) is 25.4 Å². The van der Waals surface area contributed by atoms with Crippen molar-refractivity contribution in [3.8, 4) is 0 Å². The van der Waals surface area contributed by atoms with Crippen LogP contribution in [0, 0.1) is 6.92 Å². The molecule has 1 aromatic rings. The van der Waals surface area contributed by atoms with Gasteiger partial charge in [-0.1, -0.05) is 29.8 Å². The van der Waals surface area contributed by atoms with Crippen LogP contribution in [-0.2, 0) is 0 Å². The maximum atomic E-state index is 10.2. The van der Waals surface area contributed by atoms with Gasteiger partial charge in [0.2, 0.25) is 0 Å². The van der Waals surface area contributed by atoms with Gasteiger partial charge in [0.25, 0.3) is 0 Å². The van der Waals surface area contributed by atoms with E-state index in [0.29, 0.717) is 4.75 Å². The van der Waals surface area contributed by atoms with Crippen LogP contribution < -0.4 is 0 Å². The van der Waals surface area contributed by atoms with Crippen LogP contribution in [0.15, 0.2) is 24.3 Å². The quantitative estimate of drug-likeness (QED) is 0.915. The minimum atomic E-state index is -0.335. The first kappa shape index (κ1) is 14.9. The zero-order valence-corrected chi connectivity index (χ0v) is 13.0. The number of thioether (sulfide) groups is 1. The van der Waals surface area contributed by atoms with E-state index in [2.05, 4.69) is 49.6 Å². The molecule has 106 valence electrons. The van der Waals surface area contributed by atoms with Crippen molar-refractivity contribution >= 4 is 11.8 Å². The van der Waals surface area contributed by atoms with E-state index in [4.69, 9.17) is 0 Å². The molecule has 0 saturated carbocycles. The summed E-state index contributed by atoms with van der Waals surface area (Å²) < 4.78 is 0.354. The summed E-state index contributed by atoms with van der Waals surface area (Å²) in [6.07, 6.45) is 0.488. The summed E-state index contributed by atoms with van der Waals surface area (Å²) in [5.74, 6) is 1.20. The van der Waals surface area contributed by atoms with Crippen molar-refractivity contribution in [3.05, 3.63) is 35.4 Å². The molecule has 1 fully saturated rings. The predicted octanol–water partition coefficient (Wildman–Crippen LogP) is 3.25. The molecule has 1 N–H and O–H groups in total. The summed E-state index contributed by atoms with van der Waals surface area (Å²) in [6.45, 7) is 9.94. The summed E-state index contributed by atoms with van der Waals surface area (Å²) in [6, 6.07) is 8.21. The molecule has 1 heterocycles. The minimum absolute atomic E-state index is 0.335. The third-order valence-corrected chi connectivity index (χ3v) is 4.98. The Kier molecular flexibility index (Phi) is 4.93. The van der Waals surface area contributed by atoms with Gasteiger partial charge in [0, 0.05) is 30.1 Å². The average Bonchev–Trinajstić information content (AvgIpc) is 2.36. The Hall–Kier alpha value is -0.510. The molecular formula is C16H25NOS. The molecule has 1 aliphatic rings. The highest BCUT2D eigenvalue weighted by Gasteiger charge is 2.26. The molecule has 0 bridgehead atoms. The number of hydrogen-bond acceptors (Lipinski definition) is 3. The summed E-state index contributed by atoms with van der Waals surface area (Å²) in [5.41, 5.74) is 2.28. The zero-order chi connectivity index (χ0) is 13.9. The Labute approximate surface area is 121 Å². The third kappa shape index (κ3) is 4.51. The number of benzene rings is 1. The lowest BCUT2D eigenvalue weighted by Gasteiger charge is -2.37. The second kappa shape index (κ2) is 6.29. The van der Waals surface area contributed by atoms with Gasteiger partial charge in [-0.05, 0) is 32.8 Å². The highest BCUT2D eigenvalue weighted by Crippen LogP contribution is 2.30. The normalized spacial score (nSPS) is 21.3. The van der Waals surface area contributed by atoms with Gasteiger partial charge in [-0.2, -0.15) is 11.8 Å². The molecular weight excluding hydrogens is 254 g/mol. The van der Waals surface area contributed by atoms with Gasteiger partial charge in [-0.3, -0.25) is 0 Å². The van der Waals surface area contributed by atoms with E-state index in [9.17, 15) is 5.11 Å². The molecule has 1 aromatic carbocycles. The van der Waals surface area contributed by atoms with Crippen molar-refractivity contribution in [1.82, 2.24) is 4.90 Å². The first-order valence-electron chi connectivity index (χ1n) is 7.07. The van der Waals surface area contributed by atoms with E-state index in [1.54, 1.807) is 0 Å². The van der Waals surface area contributed by atoms with Crippen molar-refractivity contribution in [2.45, 2.75) is 38.0 Å². The zero-order valence-electron chi connectivity index (χ0n) is 12.2. The Morgan fingerprint density at radius 3 is 2.63 bits per heavy atom. The second-order valence-corrected chi connectivity index (χ2v) is 7.90. The van der Waals surface area contributed by atoms with Crippen LogP contribution in [0.4, 0.5) is 0 Å². The summed E-state index contributed by atoms with van der Waals surface area (Å²) in [7, 11) is 0. The van der Waals surface area contributed by atoms with Gasteiger partial charge < -0.3 is 10.0 Å². The van der Waals surface area contributed by atoms with Crippen LogP contribution in [0.5, 0.6) is 0 Å². The van der Waals surface area contributed by atoms with Crippen LogP contribution >= 0.6 is 11.8 Å². The van der Waals surface area contributed by atoms with E-state index in [1.807, 2.05) is 12.1 Å². The molecule has 0 spiro atoms. The average molecular weight is 279 g/mol. The van der Waals surface area contributed by atoms with E-state index in [0.717, 1.165) is 31.6 Å². The molecule has 1 atom stereocenters. The number of rotatable bonds is 4. The number of hydrogen-bond donors (Lipinski definition) is 1. The Balaban J connectivity index is 1.83. The smallest absolute Gasteiger partial charge is 0.0802 e. The van der Waals surface area contributed by atoms with Gasteiger partial charge in [-0.15, -0.1) is 0 Å². The molecule has 0 amide bonds. The van der Waals surface area contributed by atoms with Gasteiger partial charge in [-0.25, -0.2) is 0 Å². The molecule has 19 heavy (non-hydrogen) atoms. The van der Waals surface area contributed by atoms with E-state index in [-0.39, 0.29) is 6.10 Å². The number of aliphatic hydroxyl groups is 1. The first-order chi connectivity index (χ1) is 8.96. The second-order valence-electron chi connectivity index (χ2n) is 6.10. The van der Waals surface area contributed by atoms with Gasteiger partial charge in [0.1, 0.15) is 0 Å². The summed E-state index contributed by atoms with van der Waals surface area (Å²) in [5, 5.41) is 10.2. The summed E-state index contributed by atoms with van der Waals surface area (Å²) in [4.78, 5) is 2.48. The number of nitrogens with zero attached hydrogens (tertiary/aromatic N) is 1. The molecule has 0 aliphatic carbocycles. The molecule has 0 aromatic heterocycles. The summed E-state index contributed by atoms with van der Waals surface area (Å²) >= 11 is 2.05. The topological polar surface area (TPSA) is 23.5 Å². The van der Waals surface area contributed by atoms with Crippen molar-refractivity contribution in [3.63, 3.8) is 0 Å². The van der Waals surface area contributed by atoms with E-state index < -0.39 is 0 Å². The molecule has 1 unspecified atom stereocenters. The van der Waals surface area contributed by atoms with E-state index >= 15 is 0 Å². The lowest BCUT2D eigenvalue weighted by molar-refractivity contribution is 0.140. The monoisotopic (exact) mass is 279 g/mol. The number of aryl methyl sites for hydroxylation is 1. The fourth-order valence-electron chi connectivity index (χ4n) is 2.57. The Bertz CT molecular complexity index is 402. The maximum Gasteiger partial charge on any atom is 0.0802 e. The molecule has 1 aliphatic heterocycles. The lowest BCUT2D eigenvalue weighted by atomic mass is 10.0. The predicted molar refractivity (Wildman–Crippen MR) is 83.7 cm³/mol. The number of aliphatic hydroxyl groups excluding tert-OH is 1. The fraction of sp³-hybridized carbons (Fsp3) is 0.625. The van der Waals surface area contributed by atoms with Gasteiger partial charge in [0.15, 0.2) is 0 Å². The first-order valence-corrected chi connectivity index (χ1v) is 8.06. The molecule has 2 nitrogen and oxygen atoms in total. The largest absolute Gasteiger partial charge is 0.388 e. The SMILES string of the molecule is Cc1ccc(C(O)CCN2CCSC(C)(C)C2)cc1. The fourth-order valence-corrected chi connectivity index (χ4v) is 3.74. The highest BCUT2D eigenvalue weighted by molar-refractivity contribution is 8.00. The van der Waals surface area contributed by atoms with Crippen LogP contribution in [-0.4, -0.2) is 40.1 Å². The Morgan fingerprint density at radius 2 is 2.00 bits per heavy atom. The molecule has 1 saturated heterocycles. The lowest BCUT2D eigenvalue weighted by Crippen LogP contribution is -2.43. The molecule has 3 heteroatoms. The molecule has 2 rings (SSSR count). The Morgan fingerprint density at radius 1 is 1.32 bits per heavy atom. The standard InChI is InChI=1S/C16H25NOS/c1-13-4-6-14(7-5-13)15(18)8-9-17-10-11-19-16(2,3)12-17/h4-7,15,18H,8-12H2,1-3H3. The van der Waals surface area contributed by atoms with Crippen LogP contribution in [0.3, 0.4) is 0 Å². The minimum Gasteiger partial charge on any atom is -0.388 e. The van der Waals surface area contributed by atoms with Crippen LogP contribution in [0.25, 0.3) is 0 Å². The van der Waals surface area contributed by atoms with Gasteiger partial charge >= 0.3 is 0 Å². The van der Waals surface area contributed by atoms with Crippen molar-refractivity contribution < 1.29 is 5.11 Å².